The Labute approximate surface area is 120 Å². The molecule has 0 fully saturated rings. The van der Waals surface area contributed by atoms with Crippen molar-refractivity contribution >= 4 is 11.0 Å². The van der Waals surface area contributed by atoms with Crippen LogP contribution in [0.25, 0.3) is 16.7 Å². The van der Waals surface area contributed by atoms with Gasteiger partial charge in [-0.15, -0.1) is 0 Å². The van der Waals surface area contributed by atoms with E-state index in [1.807, 2.05) is 42.1 Å². The van der Waals surface area contributed by atoms with Crippen LogP contribution in [-0.4, -0.2) is 14.1 Å². The van der Waals surface area contributed by atoms with Crippen molar-refractivity contribution in [1.82, 2.24) is 14.1 Å². The molecule has 0 radical (unpaired) electrons. The number of benzene rings is 1. The molecule has 0 saturated heterocycles. The Balaban J connectivity index is 2.32. The van der Waals surface area contributed by atoms with Crippen molar-refractivity contribution in [3.63, 3.8) is 0 Å². The Morgan fingerprint density at radius 1 is 1.29 bits per heavy atom. The summed E-state index contributed by atoms with van der Waals surface area (Å²) < 4.78 is 3.33. The highest BCUT2D eigenvalue weighted by Gasteiger charge is 2.09. The van der Waals surface area contributed by atoms with E-state index in [9.17, 15) is 9.59 Å². The van der Waals surface area contributed by atoms with Gasteiger partial charge >= 0.3 is 11.1 Å². The lowest BCUT2D eigenvalue weighted by atomic mass is 10.1. The number of H-pyrrole nitrogens is 1. The Kier molecular flexibility index (Phi) is 3.03. The highest BCUT2D eigenvalue weighted by molar-refractivity contribution is 5.78. The maximum Gasteiger partial charge on any atom is 0.316 e. The quantitative estimate of drug-likeness (QED) is 0.682. The molecule has 21 heavy (non-hydrogen) atoms. The van der Waals surface area contributed by atoms with Crippen LogP contribution in [0.5, 0.6) is 0 Å². The molecule has 0 amide bonds. The number of nitrogens with two attached hydrogens (primary N) is 1. The van der Waals surface area contributed by atoms with Crippen LogP contribution in [0, 0.1) is 6.92 Å². The number of aromatic nitrogens is 3. The van der Waals surface area contributed by atoms with E-state index in [1.54, 1.807) is 7.05 Å². The monoisotopic (exact) mass is 284 g/mol. The van der Waals surface area contributed by atoms with Gasteiger partial charge in [-0.2, -0.15) is 0 Å². The lowest BCUT2D eigenvalue weighted by Gasteiger charge is -2.11. The Morgan fingerprint density at radius 3 is 2.71 bits per heavy atom. The van der Waals surface area contributed by atoms with Crippen molar-refractivity contribution in [2.75, 3.05) is 0 Å². The second-order valence-corrected chi connectivity index (χ2v) is 5.11. The number of nitrogens with zero attached hydrogens (tertiary/aromatic N) is 2. The minimum atomic E-state index is -0.608. The first kappa shape index (κ1) is 13.4. The number of aromatic amines is 1. The fraction of sp³-hybridized carbons (Fsp3) is 0.200. The number of hydrogen-bond acceptors (Lipinski definition) is 3. The molecular formula is C15H16N4O2. The molecule has 0 bridgehead atoms. The van der Waals surface area contributed by atoms with Crippen LogP contribution < -0.4 is 16.9 Å². The van der Waals surface area contributed by atoms with Gasteiger partial charge in [0.15, 0.2) is 0 Å². The van der Waals surface area contributed by atoms with E-state index < -0.39 is 11.1 Å². The Bertz CT molecular complexity index is 946. The predicted octanol–water partition coefficient (Wildman–Crippen LogP) is 0.785. The van der Waals surface area contributed by atoms with Crippen molar-refractivity contribution < 1.29 is 0 Å². The number of nitrogens with one attached hydrogen (secondary N) is 1. The number of rotatable bonds is 2. The van der Waals surface area contributed by atoms with Gasteiger partial charge in [-0.25, -0.2) is 0 Å². The van der Waals surface area contributed by atoms with E-state index in [4.69, 9.17) is 5.73 Å². The molecule has 0 atom stereocenters. The zero-order chi connectivity index (χ0) is 15.1. The second kappa shape index (κ2) is 4.75. The Hall–Kier alpha value is -2.60. The molecule has 0 aliphatic heterocycles. The van der Waals surface area contributed by atoms with Gasteiger partial charge in [-0.05, 0) is 36.2 Å². The molecule has 6 heteroatoms. The average Bonchev–Trinajstić information content (AvgIpc) is 2.93. The molecule has 0 unspecified atom stereocenters. The van der Waals surface area contributed by atoms with E-state index in [0.29, 0.717) is 17.6 Å². The van der Waals surface area contributed by atoms with Gasteiger partial charge in [0.1, 0.15) is 0 Å². The smallest absolute Gasteiger partial charge is 0.316 e. The third kappa shape index (κ3) is 2.09. The summed E-state index contributed by atoms with van der Waals surface area (Å²) >= 11 is 0. The van der Waals surface area contributed by atoms with Gasteiger partial charge in [0.25, 0.3) is 0 Å². The van der Waals surface area contributed by atoms with Crippen molar-refractivity contribution in [2.45, 2.75) is 13.5 Å². The van der Waals surface area contributed by atoms with Crippen LogP contribution >= 0.6 is 0 Å². The fourth-order valence-corrected chi connectivity index (χ4v) is 2.49. The molecule has 0 spiro atoms. The third-order valence-electron chi connectivity index (χ3n) is 3.69. The highest BCUT2D eigenvalue weighted by atomic mass is 16.2. The van der Waals surface area contributed by atoms with Crippen LogP contribution in [-0.2, 0) is 13.6 Å². The molecule has 108 valence electrons. The van der Waals surface area contributed by atoms with Gasteiger partial charge in [-0.3, -0.25) is 9.59 Å². The maximum atomic E-state index is 11.8. The number of aryl methyl sites for hydroxylation is 2. The Morgan fingerprint density at radius 2 is 2.05 bits per heavy atom. The van der Waals surface area contributed by atoms with Gasteiger partial charge < -0.3 is 19.9 Å². The molecule has 3 rings (SSSR count). The first-order valence-corrected chi connectivity index (χ1v) is 6.62. The topological polar surface area (TPSA) is 85.8 Å². The zero-order valence-corrected chi connectivity index (χ0v) is 11.9. The van der Waals surface area contributed by atoms with E-state index in [0.717, 1.165) is 16.8 Å². The highest BCUT2D eigenvalue weighted by Crippen LogP contribution is 2.20. The van der Waals surface area contributed by atoms with Gasteiger partial charge in [0.05, 0.1) is 16.7 Å². The van der Waals surface area contributed by atoms with Crippen molar-refractivity contribution in [3.8, 4) is 5.69 Å². The summed E-state index contributed by atoms with van der Waals surface area (Å²) in [7, 11) is 1.60. The van der Waals surface area contributed by atoms with Crippen molar-refractivity contribution in [2.24, 2.45) is 12.8 Å². The fourth-order valence-electron chi connectivity index (χ4n) is 2.49. The van der Waals surface area contributed by atoms with E-state index in [-0.39, 0.29) is 0 Å². The molecule has 2 heterocycles. The molecule has 0 aliphatic carbocycles. The van der Waals surface area contributed by atoms with Gasteiger partial charge in [0.2, 0.25) is 0 Å². The lowest BCUT2D eigenvalue weighted by Crippen LogP contribution is -2.34. The molecular weight excluding hydrogens is 268 g/mol. The van der Waals surface area contributed by atoms with E-state index in [2.05, 4.69) is 4.98 Å². The summed E-state index contributed by atoms with van der Waals surface area (Å²) in [6.45, 7) is 2.44. The SMILES string of the molecule is Cc1cc2[nH]c(=O)c(=O)n(C)c2cc1-n1ccc(CN)c1. The third-order valence-corrected chi connectivity index (χ3v) is 3.69. The summed E-state index contributed by atoms with van der Waals surface area (Å²) in [5, 5.41) is 0. The zero-order valence-electron chi connectivity index (χ0n) is 11.9. The normalized spacial score (nSPS) is 11.2. The lowest BCUT2D eigenvalue weighted by molar-refractivity contribution is 0.871. The van der Waals surface area contributed by atoms with Crippen LogP contribution in [0.1, 0.15) is 11.1 Å². The van der Waals surface area contributed by atoms with Crippen LogP contribution in [0.4, 0.5) is 0 Å². The number of fused-ring (bicyclic) bond motifs is 1. The maximum absolute atomic E-state index is 11.8. The molecule has 0 saturated carbocycles. The molecule has 3 aromatic rings. The molecule has 0 aliphatic rings. The summed E-state index contributed by atoms with van der Waals surface area (Å²) in [6, 6.07) is 5.71. The molecule has 3 N–H and O–H groups in total. The van der Waals surface area contributed by atoms with E-state index >= 15 is 0 Å². The summed E-state index contributed by atoms with van der Waals surface area (Å²) in [5.74, 6) is 0. The van der Waals surface area contributed by atoms with Crippen LogP contribution in [0.15, 0.2) is 40.2 Å². The molecule has 1 aromatic carbocycles. The van der Waals surface area contributed by atoms with Gasteiger partial charge in [0, 0.05) is 26.0 Å². The number of hydrogen-bond donors (Lipinski definition) is 2. The second-order valence-electron chi connectivity index (χ2n) is 5.11. The molecule has 2 aromatic heterocycles. The van der Waals surface area contributed by atoms with Crippen LogP contribution in [0.2, 0.25) is 0 Å². The standard InChI is InChI=1S/C15H16N4O2/c1-9-5-11-13(18(2)15(21)14(20)17-11)6-12(9)19-4-3-10(7-16)8-19/h3-6,8H,7,16H2,1-2H3,(H,17,20). The first-order valence-electron chi connectivity index (χ1n) is 6.62. The average molecular weight is 284 g/mol. The largest absolute Gasteiger partial charge is 0.326 e. The van der Waals surface area contributed by atoms with E-state index in [1.165, 1.54) is 4.57 Å². The first-order chi connectivity index (χ1) is 10.0. The van der Waals surface area contributed by atoms with Crippen molar-refractivity contribution in [3.05, 3.63) is 62.4 Å². The van der Waals surface area contributed by atoms with Crippen LogP contribution in [0.3, 0.4) is 0 Å². The summed E-state index contributed by atoms with van der Waals surface area (Å²) in [5.41, 5.74) is 8.77. The molecule has 6 nitrogen and oxygen atoms in total. The summed E-state index contributed by atoms with van der Waals surface area (Å²) in [6.07, 6.45) is 3.89. The van der Waals surface area contributed by atoms with Gasteiger partial charge in [-0.1, -0.05) is 0 Å². The summed E-state index contributed by atoms with van der Waals surface area (Å²) in [4.78, 5) is 25.9. The minimum Gasteiger partial charge on any atom is -0.326 e. The minimum absolute atomic E-state index is 0.478. The van der Waals surface area contributed by atoms with Crippen molar-refractivity contribution in [1.29, 1.82) is 0 Å². The predicted molar refractivity (Wildman–Crippen MR) is 81.8 cm³/mol.